The molecule has 0 saturated carbocycles. The van der Waals surface area contributed by atoms with Crippen LogP contribution in [0.3, 0.4) is 0 Å². The van der Waals surface area contributed by atoms with Crippen LogP contribution >= 0.6 is 0 Å². The number of nitrogens with one attached hydrogen (secondary N) is 1. The van der Waals surface area contributed by atoms with Crippen molar-refractivity contribution in [1.82, 2.24) is 5.32 Å². The van der Waals surface area contributed by atoms with Crippen LogP contribution in [0.15, 0.2) is 48.5 Å². The van der Waals surface area contributed by atoms with Crippen LogP contribution in [0.1, 0.15) is 25.8 Å². The van der Waals surface area contributed by atoms with Gasteiger partial charge in [-0.1, -0.05) is 12.1 Å². The van der Waals surface area contributed by atoms with Crippen molar-refractivity contribution < 1.29 is 22.3 Å². The highest BCUT2D eigenvalue weighted by atomic mass is 32.2. The molecule has 0 fully saturated rings. The molecule has 0 heterocycles. The van der Waals surface area contributed by atoms with Crippen LogP contribution in [-0.2, 0) is 21.2 Å². The molecular weight excluding hydrogens is 395 g/mol. The van der Waals surface area contributed by atoms with E-state index in [9.17, 15) is 17.6 Å². The number of amides is 1. The smallest absolute Gasteiger partial charge is 0.240 e. The van der Waals surface area contributed by atoms with E-state index in [4.69, 9.17) is 4.74 Å². The van der Waals surface area contributed by atoms with E-state index in [1.54, 1.807) is 36.4 Å². The number of rotatable bonds is 10. The van der Waals surface area contributed by atoms with Crippen LogP contribution in [0.4, 0.5) is 10.1 Å². The maximum absolute atomic E-state index is 12.9. The summed E-state index contributed by atoms with van der Waals surface area (Å²) in [5.41, 5.74) is 1.37. The summed E-state index contributed by atoms with van der Waals surface area (Å²) < 4.78 is 43.8. The van der Waals surface area contributed by atoms with Gasteiger partial charge in [-0.2, -0.15) is 0 Å². The highest BCUT2D eigenvalue weighted by molar-refractivity contribution is 7.92. The molecule has 0 bridgehead atoms. The molecule has 0 aliphatic carbocycles. The molecule has 0 saturated heterocycles. The molecule has 158 valence electrons. The number of carbonyl (C=O) groups excluding carboxylic acids is 1. The SMILES string of the molecule is CC(C)Oc1ccc(N(CC(=O)NCCCc2ccc(F)cc2)S(C)(=O)=O)cc1. The zero-order valence-electron chi connectivity index (χ0n) is 16.9. The molecule has 0 atom stereocenters. The van der Waals surface area contributed by atoms with Crippen molar-refractivity contribution in [3.05, 3.63) is 59.9 Å². The van der Waals surface area contributed by atoms with Crippen molar-refractivity contribution in [1.29, 1.82) is 0 Å². The number of ether oxygens (including phenoxy) is 1. The number of benzene rings is 2. The van der Waals surface area contributed by atoms with Crippen LogP contribution in [-0.4, -0.2) is 39.8 Å². The molecule has 2 rings (SSSR count). The number of carbonyl (C=O) groups is 1. The van der Waals surface area contributed by atoms with E-state index in [0.29, 0.717) is 30.8 Å². The highest BCUT2D eigenvalue weighted by Gasteiger charge is 2.20. The molecule has 0 aliphatic rings. The van der Waals surface area contributed by atoms with Gasteiger partial charge in [-0.05, 0) is 68.7 Å². The van der Waals surface area contributed by atoms with E-state index in [1.165, 1.54) is 12.1 Å². The first-order valence-corrected chi connectivity index (χ1v) is 11.3. The number of aryl methyl sites for hydroxylation is 1. The van der Waals surface area contributed by atoms with Crippen molar-refractivity contribution in [2.75, 3.05) is 23.7 Å². The summed E-state index contributed by atoms with van der Waals surface area (Å²) in [6.45, 7) is 3.89. The number of sulfonamides is 1. The molecule has 1 amide bonds. The monoisotopic (exact) mass is 422 g/mol. The van der Waals surface area contributed by atoms with Gasteiger partial charge in [0.2, 0.25) is 15.9 Å². The average Bonchev–Trinajstić information content (AvgIpc) is 2.64. The first-order valence-electron chi connectivity index (χ1n) is 9.41. The number of hydrogen-bond donors (Lipinski definition) is 1. The van der Waals surface area contributed by atoms with Gasteiger partial charge < -0.3 is 10.1 Å². The molecule has 0 spiro atoms. The molecule has 8 heteroatoms. The van der Waals surface area contributed by atoms with Crippen LogP contribution in [0, 0.1) is 5.82 Å². The summed E-state index contributed by atoms with van der Waals surface area (Å²) in [7, 11) is -3.63. The lowest BCUT2D eigenvalue weighted by Gasteiger charge is -2.22. The van der Waals surface area contributed by atoms with Gasteiger partial charge in [0.1, 0.15) is 18.1 Å². The minimum atomic E-state index is -3.63. The van der Waals surface area contributed by atoms with E-state index < -0.39 is 15.9 Å². The fraction of sp³-hybridized carbons (Fsp3) is 0.381. The molecule has 2 aromatic carbocycles. The van der Waals surface area contributed by atoms with Gasteiger partial charge in [0.05, 0.1) is 18.0 Å². The van der Waals surface area contributed by atoms with E-state index in [1.807, 2.05) is 13.8 Å². The summed E-state index contributed by atoms with van der Waals surface area (Å²) in [4.78, 5) is 12.3. The predicted octanol–water partition coefficient (Wildman–Crippen LogP) is 3.13. The lowest BCUT2D eigenvalue weighted by Crippen LogP contribution is -2.40. The van der Waals surface area contributed by atoms with E-state index in [0.717, 1.165) is 16.1 Å². The maximum atomic E-state index is 12.9. The van der Waals surface area contributed by atoms with Crippen LogP contribution < -0.4 is 14.4 Å². The van der Waals surface area contributed by atoms with Crippen molar-refractivity contribution in [3.8, 4) is 5.75 Å². The van der Waals surface area contributed by atoms with Crippen LogP contribution in [0.25, 0.3) is 0 Å². The number of nitrogens with zero attached hydrogens (tertiary/aromatic N) is 1. The van der Waals surface area contributed by atoms with E-state index in [2.05, 4.69) is 5.32 Å². The lowest BCUT2D eigenvalue weighted by molar-refractivity contribution is -0.119. The molecule has 2 aromatic rings. The van der Waals surface area contributed by atoms with Crippen molar-refractivity contribution in [2.24, 2.45) is 0 Å². The van der Waals surface area contributed by atoms with Crippen molar-refractivity contribution in [3.63, 3.8) is 0 Å². The Labute approximate surface area is 171 Å². The standard InChI is InChI=1S/C21H27FN2O4S/c1-16(2)28-20-12-10-19(11-13-20)24(29(3,26)27)15-21(25)23-14-4-5-17-6-8-18(22)9-7-17/h6-13,16H,4-5,14-15H2,1-3H3,(H,23,25). The molecule has 6 nitrogen and oxygen atoms in total. The lowest BCUT2D eigenvalue weighted by atomic mass is 10.1. The van der Waals surface area contributed by atoms with Gasteiger partial charge in [0.15, 0.2) is 0 Å². The van der Waals surface area contributed by atoms with Gasteiger partial charge in [-0.3, -0.25) is 9.10 Å². The molecule has 0 unspecified atom stereocenters. The Morgan fingerprint density at radius 2 is 1.72 bits per heavy atom. The second-order valence-corrected chi connectivity index (χ2v) is 8.92. The first-order chi connectivity index (χ1) is 13.6. The quantitative estimate of drug-likeness (QED) is 0.597. The fourth-order valence-corrected chi connectivity index (χ4v) is 3.58. The third-order valence-corrected chi connectivity index (χ3v) is 5.20. The third-order valence-electron chi connectivity index (χ3n) is 4.06. The second kappa shape index (κ2) is 10.2. The summed E-state index contributed by atoms with van der Waals surface area (Å²) in [5, 5.41) is 2.73. The second-order valence-electron chi connectivity index (χ2n) is 7.01. The van der Waals surface area contributed by atoms with Gasteiger partial charge >= 0.3 is 0 Å². The molecular formula is C21H27FN2O4S. The van der Waals surface area contributed by atoms with E-state index >= 15 is 0 Å². The molecule has 0 radical (unpaired) electrons. The molecule has 0 aromatic heterocycles. The van der Waals surface area contributed by atoms with Gasteiger partial charge in [0.25, 0.3) is 0 Å². The Hall–Kier alpha value is -2.61. The van der Waals surface area contributed by atoms with E-state index in [-0.39, 0.29) is 18.5 Å². The minimum Gasteiger partial charge on any atom is -0.491 e. The Morgan fingerprint density at radius 1 is 1.10 bits per heavy atom. The zero-order chi connectivity index (χ0) is 21.4. The average molecular weight is 423 g/mol. The normalized spacial score (nSPS) is 11.3. The van der Waals surface area contributed by atoms with Crippen molar-refractivity contribution >= 4 is 21.6 Å². The summed E-state index contributed by atoms with van der Waals surface area (Å²) in [6, 6.07) is 12.8. The van der Waals surface area contributed by atoms with Gasteiger partial charge in [-0.15, -0.1) is 0 Å². The maximum Gasteiger partial charge on any atom is 0.240 e. The number of hydrogen-bond acceptors (Lipinski definition) is 4. The molecule has 1 N–H and O–H groups in total. The number of halogens is 1. The Bertz CT molecular complexity index is 897. The minimum absolute atomic E-state index is 0.00699. The molecule has 29 heavy (non-hydrogen) atoms. The predicted molar refractivity (Wildman–Crippen MR) is 112 cm³/mol. The topological polar surface area (TPSA) is 75.7 Å². The Balaban J connectivity index is 1.90. The van der Waals surface area contributed by atoms with Crippen LogP contribution in [0.2, 0.25) is 0 Å². The summed E-state index contributed by atoms with van der Waals surface area (Å²) >= 11 is 0. The summed E-state index contributed by atoms with van der Waals surface area (Å²) in [5.74, 6) is -0.0498. The largest absolute Gasteiger partial charge is 0.491 e. The Morgan fingerprint density at radius 3 is 2.28 bits per heavy atom. The zero-order valence-corrected chi connectivity index (χ0v) is 17.7. The highest BCUT2D eigenvalue weighted by Crippen LogP contribution is 2.22. The fourth-order valence-electron chi connectivity index (χ4n) is 2.72. The third kappa shape index (κ3) is 7.73. The Kier molecular flexibility index (Phi) is 8.01. The van der Waals surface area contributed by atoms with Crippen LogP contribution in [0.5, 0.6) is 5.75 Å². The van der Waals surface area contributed by atoms with Gasteiger partial charge in [-0.25, -0.2) is 12.8 Å². The first kappa shape index (κ1) is 22.7. The molecule has 0 aliphatic heterocycles. The van der Waals surface area contributed by atoms with Gasteiger partial charge in [0, 0.05) is 6.54 Å². The van der Waals surface area contributed by atoms with Crippen molar-refractivity contribution in [2.45, 2.75) is 32.8 Å². The summed E-state index contributed by atoms with van der Waals surface area (Å²) in [6.07, 6.45) is 2.42. The number of anilines is 1.